The Bertz CT molecular complexity index is 360. The summed E-state index contributed by atoms with van der Waals surface area (Å²) < 4.78 is 41.6. The lowest BCUT2D eigenvalue weighted by atomic mass is 10.1. The molecule has 1 fully saturated rings. The van der Waals surface area contributed by atoms with Gasteiger partial charge >= 0.3 is 6.18 Å². The fraction of sp³-hybridized carbons (Fsp3) is 0.273. The minimum absolute atomic E-state index is 0.146. The Kier molecular flexibility index (Phi) is 2.52. The second-order valence-electron chi connectivity index (χ2n) is 3.35. The molecule has 0 radical (unpaired) electrons. The van der Waals surface area contributed by atoms with Crippen molar-refractivity contribution in [2.45, 2.75) is 12.3 Å². The molecule has 0 bridgehead atoms. The van der Waals surface area contributed by atoms with Crippen molar-refractivity contribution >= 4 is 6.08 Å². The van der Waals surface area contributed by atoms with Gasteiger partial charge < -0.3 is 4.74 Å². The van der Waals surface area contributed by atoms with Crippen LogP contribution in [0.5, 0.6) is 0 Å². The van der Waals surface area contributed by atoms with Crippen LogP contribution >= 0.6 is 0 Å². The number of rotatable bonds is 2. The van der Waals surface area contributed by atoms with Gasteiger partial charge in [0.15, 0.2) is 0 Å². The van der Waals surface area contributed by atoms with Crippen LogP contribution in [0, 0.1) is 0 Å². The van der Waals surface area contributed by atoms with Crippen molar-refractivity contribution in [3.8, 4) is 0 Å². The molecule has 2 rings (SSSR count). The van der Waals surface area contributed by atoms with E-state index in [1.165, 1.54) is 12.1 Å². The topological polar surface area (TPSA) is 12.5 Å². The zero-order chi connectivity index (χ0) is 10.9. The molecule has 80 valence electrons. The van der Waals surface area contributed by atoms with Gasteiger partial charge in [0.25, 0.3) is 0 Å². The lowest BCUT2D eigenvalue weighted by Gasteiger charge is -2.05. The SMILES string of the molecule is FC(F)(F)c1ccc(C=CC2CO2)cc1. The standard InChI is InChI=1S/C11H9F3O/c12-11(13,14)9-4-1-8(2-5-9)3-6-10-7-15-10/h1-6,10H,7H2. The van der Waals surface area contributed by atoms with Gasteiger partial charge in [-0.1, -0.05) is 24.3 Å². The molecule has 0 N–H and O–H groups in total. The van der Waals surface area contributed by atoms with Crippen molar-refractivity contribution in [3.05, 3.63) is 41.5 Å². The Labute approximate surface area is 85.2 Å². The Morgan fingerprint density at radius 2 is 1.80 bits per heavy atom. The molecule has 0 aromatic heterocycles. The third-order valence-electron chi connectivity index (χ3n) is 2.10. The summed E-state index contributed by atoms with van der Waals surface area (Å²) in [6.07, 6.45) is -0.519. The van der Waals surface area contributed by atoms with Crippen LogP contribution in [0.2, 0.25) is 0 Å². The Morgan fingerprint density at radius 3 is 2.27 bits per heavy atom. The zero-order valence-corrected chi connectivity index (χ0v) is 7.79. The molecular weight excluding hydrogens is 205 g/mol. The molecule has 1 aromatic carbocycles. The van der Waals surface area contributed by atoms with Crippen LogP contribution < -0.4 is 0 Å². The van der Waals surface area contributed by atoms with Gasteiger partial charge in [0.05, 0.1) is 18.3 Å². The molecule has 1 aliphatic rings. The molecule has 1 heterocycles. The average molecular weight is 214 g/mol. The van der Waals surface area contributed by atoms with Crippen molar-refractivity contribution in [1.82, 2.24) is 0 Å². The number of ether oxygens (including phenoxy) is 1. The Hall–Kier alpha value is -1.29. The van der Waals surface area contributed by atoms with E-state index in [2.05, 4.69) is 0 Å². The van der Waals surface area contributed by atoms with Crippen molar-refractivity contribution in [2.75, 3.05) is 6.61 Å². The smallest absolute Gasteiger partial charge is 0.369 e. The summed E-state index contributed by atoms with van der Waals surface area (Å²) in [5.74, 6) is 0. The molecule has 4 heteroatoms. The highest BCUT2D eigenvalue weighted by Gasteiger charge is 2.29. The van der Waals surface area contributed by atoms with E-state index in [0.29, 0.717) is 6.61 Å². The summed E-state index contributed by atoms with van der Waals surface area (Å²) in [5.41, 5.74) is 0.126. The van der Waals surface area contributed by atoms with E-state index < -0.39 is 11.7 Å². The maximum Gasteiger partial charge on any atom is 0.416 e. The fourth-order valence-electron chi connectivity index (χ4n) is 1.17. The number of benzene rings is 1. The fourth-order valence-corrected chi connectivity index (χ4v) is 1.17. The summed E-state index contributed by atoms with van der Waals surface area (Å²) >= 11 is 0. The Balaban J connectivity index is 2.09. The van der Waals surface area contributed by atoms with Gasteiger partial charge in [0.1, 0.15) is 0 Å². The molecule has 0 spiro atoms. The summed E-state index contributed by atoms with van der Waals surface area (Å²) in [7, 11) is 0. The zero-order valence-electron chi connectivity index (χ0n) is 7.79. The Morgan fingerprint density at radius 1 is 1.20 bits per heavy atom. The second kappa shape index (κ2) is 3.70. The monoisotopic (exact) mass is 214 g/mol. The van der Waals surface area contributed by atoms with E-state index in [9.17, 15) is 13.2 Å². The normalized spacial score (nSPS) is 20.9. The average Bonchev–Trinajstić information content (AvgIpc) is 2.97. The molecule has 0 aliphatic carbocycles. The van der Waals surface area contributed by atoms with Crippen molar-refractivity contribution in [2.24, 2.45) is 0 Å². The first-order chi connectivity index (χ1) is 7.05. The van der Waals surface area contributed by atoms with E-state index in [1.807, 2.05) is 6.08 Å². The number of alkyl halides is 3. The maximum absolute atomic E-state index is 12.2. The van der Waals surface area contributed by atoms with Gasteiger partial charge in [-0.05, 0) is 17.7 Å². The molecule has 1 saturated heterocycles. The first-order valence-electron chi connectivity index (χ1n) is 4.53. The van der Waals surface area contributed by atoms with Crippen LogP contribution in [0.25, 0.3) is 6.08 Å². The number of hydrogen-bond donors (Lipinski definition) is 0. The van der Waals surface area contributed by atoms with Crippen LogP contribution in [0.4, 0.5) is 13.2 Å². The first-order valence-corrected chi connectivity index (χ1v) is 4.53. The largest absolute Gasteiger partial charge is 0.416 e. The third kappa shape index (κ3) is 2.83. The van der Waals surface area contributed by atoms with Crippen molar-refractivity contribution in [1.29, 1.82) is 0 Å². The van der Waals surface area contributed by atoms with Crippen molar-refractivity contribution in [3.63, 3.8) is 0 Å². The van der Waals surface area contributed by atoms with Gasteiger partial charge in [0, 0.05) is 0 Å². The molecule has 1 aromatic rings. The molecule has 1 atom stereocenters. The number of halogens is 3. The van der Waals surface area contributed by atoms with Gasteiger partial charge in [-0.15, -0.1) is 0 Å². The van der Waals surface area contributed by atoms with E-state index >= 15 is 0 Å². The van der Waals surface area contributed by atoms with Crippen LogP contribution in [0.1, 0.15) is 11.1 Å². The quantitative estimate of drug-likeness (QED) is 0.689. The third-order valence-corrected chi connectivity index (χ3v) is 2.10. The molecule has 1 unspecified atom stereocenters. The maximum atomic E-state index is 12.2. The first kappa shape index (κ1) is 10.2. The van der Waals surface area contributed by atoms with Crippen LogP contribution in [-0.2, 0) is 10.9 Å². The van der Waals surface area contributed by atoms with Gasteiger partial charge in [-0.25, -0.2) is 0 Å². The van der Waals surface area contributed by atoms with Crippen LogP contribution in [0.15, 0.2) is 30.3 Å². The lowest BCUT2D eigenvalue weighted by Crippen LogP contribution is -2.03. The highest BCUT2D eigenvalue weighted by molar-refractivity contribution is 5.50. The number of hydrogen-bond acceptors (Lipinski definition) is 1. The minimum atomic E-state index is -4.26. The second-order valence-corrected chi connectivity index (χ2v) is 3.35. The minimum Gasteiger partial charge on any atom is -0.369 e. The van der Waals surface area contributed by atoms with E-state index in [-0.39, 0.29) is 6.10 Å². The van der Waals surface area contributed by atoms with Gasteiger partial charge in [-0.2, -0.15) is 13.2 Å². The van der Waals surface area contributed by atoms with Crippen LogP contribution in [0.3, 0.4) is 0 Å². The van der Waals surface area contributed by atoms with E-state index in [4.69, 9.17) is 4.74 Å². The summed E-state index contributed by atoms with van der Waals surface area (Å²) in [4.78, 5) is 0. The molecular formula is C11H9F3O. The molecule has 1 aliphatic heterocycles. The van der Waals surface area contributed by atoms with Crippen molar-refractivity contribution < 1.29 is 17.9 Å². The predicted octanol–water partition coefficient (Wildman–Crippen LogP) is 3.12. The molecule has 0 amide bonds. The highest BCUT2D eigenvalue weighted by atomic mass is 19.4. The van der Waals surface area contributed by atoms with Crippen LogP contribution in [-0.4, -0.2) is 12.7 Å². The highest BCUT2D eigenvalue weighted by Crippen LogP contribution is 2.29. The van der Waals surface area contributed by atoms with E-state index in [0.717, 1.165) is 17.7 Å². The molecule has 0 saturated carbocycles. The summed E-state index contributed by atoms with van der Waals surface area (Å²) in [6, 6.07) is 5.05. The van der Waals surface area contributed by atoms with Gasteiger partial charge in [0.2, 0.25) is 0 Å². The molecule has 15 heavy (non-hydrogen) atoms. The summed E-state index contributed by atoms with van der Waals surface area (Å²) in [6.45, 7) is 0.705. The predicted molar refractivity (Wildman–Crippen MR) is 50.2 cm³/mol. The summed E-state index contributed by atoms with van der Waals surface area (Å²) in [5, 5.41) is 0. The van der Waals surface area contributed by atoms with Gasteiger partial charge in [-0.3, -0.25) is 0 Å². The lowest BCUT2D eigenvalue weighted by molar-refractivity contribution is -0.137. The number of epoxide rings is 1. The van der Waals surface area contributed by atoms with E-state index in [1.54, 1.807) is 6.08 Å². The molecule has 1 nitrogen and oxygen atoms in total.